The first-order valence-corrected chi connectivity index (χ1v) is 5.56. The van der Waals surface area contributed by atoms with E-state index in [0.717, 1.165) is 0 Å². The molecule has 2 N–H and O–H groups in total. The molecule has 1 heterocycles. The number of H-pyrrole nitrogens is 1. The van der Waals surface area contributed by atoms with E-state index in [2.05, 4.69) is 10.3 Å². The molecule has 94 valence electrons. The predicted molar refractivity (Wildman–Crippen MR) is 65.1 cm³/mol. The maximum atomic E-state index is 11.7. The molecular weight excluding hydrogens is 220 g/mol. The van der Waals surface area contributed by atoms with Crippen molar-refractivity contribution in [3.05, 3.63) is 34.2 Å². The molecule has 0 unspecified atom stereocenters. The van der Waals surface area contributed by atoms with Crippen molar-refractivity contribution in [2.24, 2.45) is 0 Å². The number of aromatic amines is 1. The molecule has 0 fully saturated rings. The fourth-order valence-corrected chi connectivity index (χ4v) is 1.41. The molecule has 0 aliphatic carbocycles. The van der Waals surface area contributed by atoms with Gasteiger partial charge in [-0.3, -0.25) is 9.59 Å². The summed E-state index contributed by atoms with van der Waals surface area (Å²) in [6.45, 7) is 6.66. The minimum Gasteiger partial charge on any atom is -0.374 e. The fourth-order valence-electron chi connectivity index (χ4n) is 1.41. The van der Waals surface area contributed by atoms with Crippen LogP contribution in [0.4, 0.5) is 0 Å². The molecule has 0 saturated carbocycles. The van der Waals surface area contributed by atoms with E-state index in [1.165, 1.54) is 6.07 Å². The van der Waals surface area contributed by atoms with E-state index in [4.69, 9.17) is 4.74 Å². The lowest BCUT2D eigenvalue weighted by Gasteiger charge is -2.24. The maximum absolute atomic E-state index is 11.7. The molecule has 0 radical (unpaired) electrons. The van der Waals surface area contributed by atoms with Gasteiger partial charge in [0.2, 0.25) is 5.56 Å². The van der Waals surface area contributed by atoms with E-state index < -0.39 is 5.60 Å². The molecule has 0 bridgehead atoms. The van der Waals surface area contributed by atoms with Crippen LogP contribution >= 0.6 is 0 Å². The first-order valence-electron chi connectivity index (χ1n) is 5.56. The van der Waals surface area contributed by atoms with Crippen LogP contribution in [0.2, 0.25) is 0 Å². The summed E-state index contributed by atoms with van der Waals surface area (Å²) in [6, 6.07) is 4.47. The van der Waals surface area contributed by atoms with Crippen LogP contribution in [-0.4, -0.2) is 29.6 Å². The summed E-state index contributed by atoms with van der Waals surface area (Å²) < 4.78 is 5.45. The van der Waals surface area contributed by atoms with Gasteiger partial charge in [-0.25, -0.2) is 0 Å². The Labute approximate surface area is 100 Å². The molecule has 17 heavy (non-hydrogen) atoms. The molecule has 0 atom stereocenters. The zero-order valence-electron chi connectivity index (χ0n) is 10.4. The van der Waals surface area contributed by atoms with Gasteiger partial charge >= 0.3 is 0 Å². The van der Waals surface area contributed by atoms with Crippen LogP contribution < -0.4 is 10.9 Å². The number of aromatic nitrogens is 1. The van der Waals surface area contributed by atoms with Crippen molar-refractivity contribution in [3.63, 3.8) is 0 Å². The molecule has 1 amide bonds. The van der Waals surface area contributed by atoms with Crippen LogP contribution in [-0.2, 0) is 4.74 Å². The number of nitrogens with one attached hydrogen (secondary N) is 2. The Morgan fingerprint density at radius 3 is 2.76 bits per heavy atom. The third-order valence-electron chi connectivity index (χ3n) is 2.22. The van der Waals surface area contributed by atoms with Crippen molar-refractivity contribution in [2.75, 3.05) is 13.2 Å². The van der Waals surface area contributed by atoms with Crippen molar-refractivity contribution in [1.29, 1.82) is 0 Å². The Kier molecular flexibility index (Phi) is 4.45. The molecule has 5 nitrogen and oxygen atoms in total. The Balaban J connectivity index is 2.59. The van der Waals surface area contributed by atoms with E-state index in [1.54, 1.807) is 12.1 Å². The van der Waals surface area contributed by atoms with Gasteiger partial charge in [0.05, 0.1) is 5.60 Å². The zero-order valence-corrected chi connectivity index (χ0v) is 10.4. The van der Waals surface area contributed by atoms with Crippen molar-refractivity contribution in [2.45, 2.75) is 26.4 Å². The maximum Gasteiger partial charge on any atom is 0.267 e. The van der Waals surface area contributed by atoms with E-state index in [9.17, 15) is 9.59 Å². The van der Waals surface area contributed by atoms with Crippen molar-refractivity contribution in [1.82, 2.24) is 10.3 Å². The predicted octanol–water partition coefficient (Wildman–Crippen LogP) is 0.920. The minimum atomic E-state index is -0.417. The van der Waals surface area contributed by atoms with Gasteiger partial charge in [0.25, 0.3) is 5.91 Å². The fraction of sp³-hybridized carbons (Fsp3) is 0.500. The van der Waals surface area contributed by atoms with E-state index in [0.29, 0.717) is 13.2 Å². The Hall–Kier alpha value is -1.62. The monoisotopic (exact) mass is 238 g/mol. The molecule has 0 aliphatic rings. The Morgan fingerprint density at radius 2 is 2.18 bits per heavy atom. The van der Waals surface area contributed by atoms with Gasteiger partial charge in [-0.15, -0.1) is 0 Å². The van der Waals surface area contributed by atoms with Crippen LogP contribution in [0.1, 0.15) is 31.3 Å². The first-order chi connectivity index (χ1) is 7.94. The number of rotatable bonds is 5. The lowest BCUT2D eigenvalue weighted by Crippen LogP contribution is -2.41. The standard InChI is InChI=1S/C12H18N2O3/c1-4-17-12(2,3)8-13-11(16)9-6-5-7-10(15)14-9/h5-7H,4,8H2,1-3H3,(H,13,16)(H,14,15). The minimum absolute atomic E-state index is 0.254. The summed E-state index contributed by atoms with van der Waals surface area (Å²) in [5.74, 6) is -0.310. The number of pyridine rings is 1. The molecule has 0 spiro atoms. The number of amides is 1. The Morgan fingerprint density at radius 1 is 1.47 bits per heavy atom. The van der Waals surface area contributed by atoms with Gasteiger partial charge in [-0.05, 0) is 26.8 Å². The lowest BCUT2D eigenvalue weighted by molar-refractivity contribution is -0.00818. The number of carbonyl (C=O) groups excluding carboxylic acids is 1. The summed E-state index contributed by atoms with van der Waals surface area (Å²) in [6.07, 6.45) is 0. The van der Waals surface area contributed by atoms with Crippen LogP contribution in [0, 0.1) is 0 Å². The van der Waals surface area contributed by atoms with Crippen molar-refractivity contribution in [3.8, 4) is 0 Å². The normalized spacial score (nSPS) is 11.2. The first kappa shape index (κ1) is 13.4. The van der Waals surface area contributed by atoms with Gasteiger partial charge in [0, 0.05) is 19.2 Å². The van der Waals surface area contributed by atoms with E-state index in [1.807, 2.05) is 20.8 Å². The molecule has 5 heteroatoms. The molecule has 0 aliphatic heterocycles. The van der Waals surface area contributed by atoms with Gasteiger partial charge in [0.15, 0.2) is 0 Å². The number of carbonyl (C=O) groups is 1. The molecule has 1 aromatic heterocycles. The summed E-state index contributed by atoms with van der Waals surface area (Å²) in [4.78, 5) is 25.2. The summed E-state index contributed by atoms with van der Waals surface area (Å²) in [5, 5.41) is 2.72. The second-order valence-electron chi connectivity index (χ2n) is 4.30. The second kappa shape index (κ2) is 5.63. The van der Waals surface area contributed by atoms with E-state index in [-0.39, 0.29) is 17.2 Å². The van der Waals surface area contributed by atoms with Gasteiger partial charge in [-0.2, -0.15) is 0 Å². The Bertz CT molecular complexity index is 437. The number of hydrogen-bond donors (Lipinski definition) is 2. The topological polar surface area (TPSA) is 71.2 Å². The van der Waals surface area contributed by atoms with Gasteiger partial charge in [-0.1, -0.05) is 6.07 Å². The highest BCUT2D eigenvalue weighted by atomic mass is 16.5. The average Bonchev–Trinajstić information content (AvgIpc) is 2.26. The quantitative estimate of drug-likeness (QED) is 0.801. The summed E-state index contributed by atoms with van der Waals surface area (Å²) in [5.41, 5.74) is -0.453. The van der Waals surface area contributed by atoms with Gasteiger partial charge in [0.1, 0.15) is 5.69 Å². The number of ether oxygens (including phenoxy) is 1. The SMILES string of the molecule is CCOC(C)(C)CNC(=O)c1cccc(=O)[nH]1. The smallest absolute Gasteiger partial charge is 0.267 e. The van der Waals surface area contributed by atoms with Crippen LogP contribution in [0.15, 0.2) is 23.0 Å². The van der Waals surface area contributed by atoms with Crippen LogP contribution in [0.3, 0.4) is 0 Å². The van der Waals surface area contributed by atoms with Gasteiger partial charge < -0.3 is 15.0 Å². The van der Waals surface area contributed by atoms with Crippen LogP contribution in [0.5, 0.6) is 0 Å². The highest BCUT2D eigenvalue weighted by molar-refractivity contribution is 5.92. The highest BCUT2D eigenvalue weighted by Gasteiger charge is 2.19. The number of hydrogen-bond acceptors (Lipinski definition) is 3. The molecule has 0 aromatic carbocycles. The van der Waals surface area contributed by atoms with Crippen molar-refractivity contribution < 1.29 is 9.53 Å². The third-order valence-corrected chi connectivity index (χ3v) is 2.22. The molecule has 0 saturated heterocycles. The second-order valence-corrected chi connectivity index (χ2v) is 4.30. The largest absolute Gasteiger partial charge is 0.374 e. The third kappa shape index (κ3) is 4.40. The van der Waals surface area contributed by atoms with Crippen LogP contribution in [0.25, 0.3) is 0 Å². The molecule has 1 aromatic rings. The summed E-state index contributed by atoms with van der Waals surface area (Å²) >= 11 is 0. The summed E-state index contributed by atoms with van der Waals surface area (Å²) in [7, 11) is 0. The molecule has 1 rings (SSSR count). The highest BCUT2D eigenvalue weighted by Crippen LogP contribution is 2.07. The zero-order chi connectivity index (χ0) is 12.9. The molecular formula is C12H18N2O3. The van der Waals surface area contributed by atoms with Crippen molar-refractivity contribution >= 4 is 5.91 Å². The lowest BCUT2D eigenvalue weighted by atomic mass is 10.1. The van der Waals surface area contributed by atoms with E-state index >= 15 is 0 Å². The average molecular weight is 238 g/mol.